The van der Waals surface area contributed by atoms with Gasteiger partial charge < -0.3 is 14.9 Å². The van der Waals surface area contributed by atoms with E-state index >= 15 is 0 Å². The second kappa shape index (κ2) is 17.7. The summed E-state index contributed by atoms with van der Waals surface area (Å²) in [4.78, 5) is 30.2. The van der Waals surface area contributed by atoms with E-state index in [-0.39, 0.29) is 11.3 Å². The van der Waals surface area contributed by atoms with E-state index in [1.807, 2.05) is 50.6 Å². The highest BCUT2D eigenvalue weighted by Crippen LogP contribution is 2.32. The van der Waals surface area contributed by atoms with E-state index < -0.39 is 0 Å². The van der Waals surface area contributed by atoms with E-state index in [4.69, 9.17) is 22.0 Å². The van der Waals surface area contributed by atoms with E-state index in [1.165, 1.54) is 11.3 Å². The number of allylic oxidation sites excluding steroid dienone is 2. The van der Waals surface area contributed by atoms with Crippen molar-refractivity contribution in [2.45, 2.75) is 81.2 Å². The van der Waals surface area contributed by atoms with Crippen LogP contribution in [-0.2, 0) is 17.8 Å². The molecule has 0 atom stereocenters. The summed E-state index contributed by atoms with van der Waals surface area (Å²) >= 11 is 7.92. The van der Waals surface area contributed by atoms with Crippen LogP contribution in [0.4, 0.5) is 5.82 Å². The number of rotatable bonds is 14. The second-order valence-corrected chi connectivity index (χ2v) is 12.3. The molecule has 8 nitrogen and oxygen atoms in total. The molecule has 0 saturated carbocycles. The number of aryl methyl sites for hydroxylation is 2. The zero-order valence-electron chi connectivity index (χ0n) is 25.4. The summed E-state index contributed by atoms with van der Waals surface area (Å²) < 4.78 is 2.55. The third-order valence-corrected chi connectivity index (χ3v) is 6.94. The van der Waals surface area contributed by atoms with Crippen molar-refractivity contribution >= 4 is 65.6 Å². The minimum absolute atomic E-state index is 0.276. The van der Waals surface area contributed by atoms with Crippen LogP contribution in [-0.4, -0.2) is 57.6 Å². The molecule has 1 N–H and O–H groups in total. The maximum absolute atomic E-state index is 11.0. The number of amides is 1. The maximum Gasteiger partial charge on any atom is 0.209 e. The molecule has 2 rings (SSSR count). The fraction of sp³-hybridized carbons (Fsp3) is 0.533. The predicted molar refractivity (Wildman–Crippen MR) is 174 cm³/mol. The zero-order valence-corrected chi connectivity index (χ0v) is 26.9. The van der Waals surface area contributed by atoms with Crippen LogP contribution < -0.4 is 0 Å². The van der Waals surface area contributed by atoms with Gasteiger partial charge in [0.25, 0.3) is 0 Å². The third kappa shape index (κ3) is 11.7. The average Bonchev–Trinajstić information content (AvgIpc) is 3.47. The molecule has 0 aliphatic rings. The summed E-state index contributed by atoms with van der Waals surface area (Å²) in [5, 5.41) is 9.27. The van der Waals surface area contributed by atoms with Crippen LogP contribution in [0.2, 0.25) is 4.34 Å². The molecule has 0 aliphatic carbocycles. The first-order chi connectivity index (χ1) is 18.9. The van der Waals surface area contributed by atoms with E-state index in [0.29, 0.717) is 28.0 Å². The number of aromatic nitrogens is 3. The Kier molecular flexibility index (Phi) is 15.5. The van der Waals surface area contributed by atoms with Gasteiger partial charge in [-0.25, -0.2) is 15.0 Å². The van der Waals surface area contributed by atoms with Crippen molar-refractivity contribution < 1.29 is 4.79 Å². The van der Waals surface area contributed by atoms with Crippen molar-refractivity contribution in [2.75, 3.05) is 13.1 Å². The molecular formula is C30H46ClN7OS. The molecule has 0 fully saturated rings. The third-order valence-electron chi connectivity index (χ3n) is 5.62. The first-order valence-corrected chi connectivity index (χ1v) is 14.9. The standard InChI is InChI=1S/C21H33ClN4OS.C9H13N3/c1-7-10-26(14-27)11-8-9-18-25-19(20(22)28-18)16(24-13-15(2)3)12-17(23)21(4,5)6;1-4-6-8-9(10-3)12(5-2)7-11-8/h12-15,23H,7-11H2,1-6H3;4,6-7H,3,5H2,1-2H3/b16-12-,23-17?,24-13?;6-4-. The van der Waals surface area contributed by atoms with Crippen LogP contribution in [0.5, 0.6) is 0 Å². The molecular weight excluding hydrogens is 542 g/mol. The van der Waals surface area contributed by atoms with E-state index in [1.54, 1.807) is 17.3 Å². The Morgan fingerprint density at radius 2 is 2.00 bits per heavy atom. The lowest BCUT2D eigenvalue weighted by atomic mass is 9.89. The lowest BCUT2D eigenvalue weighted by Gasteiger charge is -2.17. The van der Waals surface area contributed by atoms with Crippen molar-refractivity contribution in [3.05, 3.63) is 39.2 Å². The molecule has 1 amide bonds. The number of carbonyl (C=O) groups is 1. The van der Waals surface area contributed by atoms with E-state index in [2.05, 4.69) is 49.4 Å². The van der Waals surface area contributed by atoms with Gasteiger partial charge in [0.2, 0.25) is 6.41 Å². The molecule has 0 radical (unpaired) electrons. The normalized spacial score (nSPS) is 12.2. The van der Waals surface area contributed by atoms with Gasteiger partial charge in [0.15, 0.2) is 5.82 Å². The molecule has 0 aliphatic heterocycles. The van der Waals surface area contributed by atoms with Gasteiger partial charge in [-0.2, -0.15) is 0 Å². The molecule has 2 aromatic rings. The fourth-order valence-corrected chi connectivity index (χ4v) is 4.61. The minimum atomic E-state index is -0.276. The second-order valence-electron chi connectivity index (χ2n) is 10.6. The largest absolute Gasteiger partial charge is 0.345 e. The van der Waals surface area contributed by atoms with Crippen molar-refractivity contribution in [2.24, 2.45) is 21.3 Å². The van der Waals surface area contributed by atoms with Gasteiger partial charge in [-0.05, 0) is 51.5 Å². The zero-order chi connectivity index (χ0) is 30.3. The van der Waals surface area contributed by atoms with Crippen LogP contribution in [0.15, 0.2) is 28.5 Å². The molecule has 0 spiro atoms. The quantitative estimate of drug-likeness (QED) is 0.179. The van der Waals surface area contributed by atoms with Gasteiger partial charge in [-0.3, -0.25) is 9.79 Å². The molecule has 40 heavy (non-hydrogen) atoms. The molecule has 220 valence electrons. The lowest BCUT2D eigenvalue weighted by molar-refractivity contribution is -0.118. The first kappa shape index (κ1) is 35.1. The van der Waals surface area contributed by atoms with Crippen molar-refractivity contribution in [1.82, 2.24) is 19.4 Å². The Bertz CT molecular complexity index is 1190. The van der Waals surface area contributed by atoms with Gasteiger partial charge in [-0.15, -0.1) is 11.3 Å². The number of halogens is 1. The van der Waals surface area contributed by atoms with Gasteiger partial charge >= 0.3 is 0 Å². The molecule has 10 heteroatoms. The summed E-state index contributed by atoms with van der Waals surface area (Å²) in [5.41, 5.74) is 2.35. The van der Waals surface area contributed by atoms with Crippen LogP contribution in [0.1, 0.15) is 84.6 Å². The average molecular weight is 588 g/mol. The fourth-order valence-electron chi connectivity index (χ4n) is 3.37. The number of hydrogen-bond donors (Lipinski definition) is 1. The lowest BCUT2D eigenvalue weighted by Crippen LogP contribution is -2.24. The molecule has 0 aromatic carbocycles. The monoisotopic (exact) mass is 587 g/mol. The number of imidazole rings is 1. The summed E-state index contributed by atoms with van der Waals surface area (Å²) in [7, 11) is 0. The summed E-state index contributed by atoms with van der Waals surface area (Å²) in [6.07, 6.45) is 12.7. The molecule has 0 bridgehead atoms. The van der Waals surface area contributed by atoms with E-state index in [0.717, 1.165) is 55.3 Å². The maximum atomic E-state index is 11.0. The Hall–Kier alpha value is -2.91. The number of hydrogen-bond acceptors (Lipinski definition) is 7. The van der Waals surface area contributed by atoms with Crippen LogP contribution >= 0.6 is 22.9 Å². The SMILES string of the molecule is C=Nc1c(/C=C\C)ncn1CC.CCCN(C=O)CCCc1nc(/C(=C/C(=N)C(C)(C)C)N=CC(C)C)c(Cl)s1. The summed E-state index contributed by atoms with van der Waals surface area (Å²) in [6.45, 7) is 22.0. The summed E-state index contributed by atoms with van der Waals surface area (Å²) in [6, 6.07) is 0. The van der Waals surface area contributed by atoms with Crippen LogP contribution in [0.25, 0.3) is 11.8 Å². The van der Waals surface area contributed by atoms with E-state index in [9.17, 15) is 4.79 Å². The highest BCUT2D eigenvalue weighted by Gasteiger charge is 2.19. The van der Waals surface area contributed by atoms with Gasteiger partial charge in [0.05, 0.1) is 17.0 Å². The Morgan fingerprint density at radius 1 is 1.30 bits per heavy atom. The first-order valence-electron chi connectivity index (χ1n) is 13.8. The van der Waals surface area contributed by atoms with Crippen LogP contribution in [0.3, 0.4) is 0 Å². The number of aliphatic imine (C=N–C) groups is 2. The number of nitrogens with zero attached hydrogens (tertiary/aromatic N) is 6. The highest BCUT2D eigenvalue weighted by atomic mass is 35.5. The van der Waals surface area contributed by atoms with Crippen molar-refractivity contribution in [3.63, 3.8) is 0 Å². The predicted octanol–water partition coefficient (Wildman–Crippen LogP) is 8.00. The van der Waals surface area contributed by atoms with Gasteiger partial charge in [-0.1, -0.05) is 59.2 Å². The molecule has 2 aromatic heterocycles. The van der Waals surface area contributed by atoms with Gasteiger partial charge in [0, 0.05) is 43.4 Å². The Balaban J connectivity index is 0.000000552. The Labute approximate surface area is 249 Å². The number of nitrogens with one attached hydrogen (secondary N) is 1. The Morgan fingerprint density at radius 3 is 2.52 bits per heavy atom. The number of thiazole rings is 1. The molecule has 0 unspecified atom stereocenters. The summed E-state index contributed by atoms with van der Waals surface area (Å²) in [5.74, 6) is 1.13. The smallest absolute Gasteiger partial charge is 0.209 e. The number of carbonyl (C=O) groups excluding carboxylic acids is 1. The molecule has 2 heterocycles. The topological polar surface area (TPSA) is 99.6 Å². The van der Waals surface area contributed by atoms with Crippen molar-refractivity contribution in [1.29, 1.82) is 5.41 Å². The molecule has 0 saturated heterocycles. The highest BCUT2D eigenvalue weighted by molar-refractivity contribution is 7.16. The van der Waals surface area contributed by atoms with Gasteiger partial charge in [0.1, 0.15) is 15.7 Å². The van der Waals surface area contributed by atoms with Crippen molar-refractivity contribution in [3.8, 4) is 0 Å². The minimum Gasteiger partial charge on any atom is -0.345 e. The van der Waals surface area contributed by atoms with Crippen LogP contribution in [0, 0.1) is 16.7 Å².